The average Bonchev–Trinajstić information content (AvgIpc) is 3.28. The van der Waals surface area contributed by atoms with E-state index in [1.807, 2.05) is 36.9 Å². The van der Waals surface area contributed by atoms with Gasteiger partial charge in [-0.2, -0.15) is 0 Å². The lowest BCUT2D eigenvalue weighted by Crippen LogP contribution is -2.40. The molecule has 4 rings (SSSR count). The molecule has 1 aromatic carbocycles. The van der Waals surface area contributed by atoms with E-state index in [1.54, 1.807) is 0 Å². The number of likely N-dealkylation sites (tertiary alicyclic amines) is 2. The van der Waals surface area contributed by atoms with Gasteiger partial charge in [-0.25, -0.2) is 0 Å². The summed E-state index contributed by atoms with van der Waals surface area (Å²) < 4.78 is 5.94. The molecule has 0 spiro atoms. The SMILES string of the molecule is Cc1ccc2c(C)c(C(=O)N3C[C@@H](CN4CCC(CO)CC4)[C@@H](CO)C3)oc2c1. The van der Waals surface area contributed by atoms with Crippen molar-refractivity contribution in [3.63, 3.8) is 0 Å². The zero-order chi connectivity index (χ0) is 20.5. The van der Waals surface area contributed by atoms with Gasteiger partial charge in [0, 0.05) is 49.7 Å². The molecule has 0 aliphatic carbocycles. The molecule has 0 saturated carbocycles. The Hall–Kier alpha value is -1.89. The summed E-state index contributed by atoms with van der Waals surface area (Å²) in [4.78, 5) is 17.5. The summed E-state index contributed by atoms with van der Waals surface area (Å²) in [6, 6.07) is 6.02. The van der Waals surface area contributed by atoms with Gasteiger partial charge in [-0.1, -0.05) is 12.1 Å². The molecule has 3 heterocycles. The fourth-order valence-corrected chi connectivity index (χ4v) is 4.88. The second kappa shape index (κ2) is 8.46. The minimum atomic E-state index is -0.0729. The third-order valence-corrected chi connectivity index (χ3v) is 6.84. The van der Waals surface area contributed by atoms with Crippen molar-refractivity contribution in [1.82, 2.24) is 9.80 Å². The number of furan rings is 1. The standard InChI is InChI=1S/C23H32N2O4/c1-15-3-4-20-16(2)22(29-21(20)9-15)23(28)25-11-18(19(12-25)14-27)10-24-7-5-17(13-26)6-8-24/h3-4,9,17-19,26-27H,5-8,10-14H2,1-2H3/t18-,19-/m1/s1. The number of aliphatic hydroxyl groups excluding tert-OH is 2. The zero-order valence-electron chi connectivity index (χ0n) is 17.4. The lowest BCUT2D eigenvalue weighted by Gasteiger charge is -2.33. The van der Waals surface area contributed by atoms with Crippen LogP contribution in [0.1, 0.15) is 34.5 Å². The maximum Gasteiger partial charge on any atom is 0.289 e. The van der Waals surface area contributed by atoms with E-state index in [4.69, 9.17) is 4.42 Å². The molecular weight excluding hydrogens is 368 g/mol. The van der Waals surface area contributed by atoms with Crippen LogP contribution in [-0.4, -0.2) is 71.9 Å². The zero-order valence-corrected chi connectivity index (χ0v) is 17.4. The summed E-state index contributed by atoms with van der Waals surface area (Å²) in [5.41, 5.74) is 2.75. The molecule has 0 unspecified atom stereocenters. The molecule has 0 radical (unpaired) electrons. The van der Waals surface area contributed by atoms with E-state index >= 15 is 0 Å². The molecule has 2 aromatic rings. The largest absolute Gasteiger partial charge is 0.451 e. The van der Waals surface area contributed by atoms with Gasteiger partial charge in [0.1, 0.15) is 5.58 Å². The van der Waals surface area contributed by atoms with Crippen LogP contribution in [-0.2, 0) is 0 Å². The first-order valence-corrected chi connectivity index (χ1v) is 10.7. The minimum absolute atomic E-state index is 0.0729. The van der Waals surface area contributed by atoms with Gasteiger partial charge < -0.3 is 24.4 Å². The Kier molecular flexibility index (Phi) is 5.95. The van der Waals surface area contributed by atoms with Gasteiger partial charge in [-0.05, 0) is 63.2 Å². The molecule has 1 amide bonds. The van der Waals surface area contributed by atoms with Gasteiger partial charge in [0.05, 0.1) is 0 Å². The van der Waals surface area contributed by atoms with Crippen molar-refractivity contribution in [3.8, 4) is 0 Å². The number of carbonyl (C=O) groups is 1. The highest BCUT2D eigenvalue weighted by Crippen LogP contribution is 2.31. The number of benzene rings is 1. The Balaban J connectivity index is 1.45. The molecule has 1 aromatic heterocycles. The number of rotatable bonds is 5. The number of nitrogens with zero attached hydrogens (tertiary/aromatic N) is 2. The number of hydrogen-bond acceptors (Lipinski definition) is 5. The summed E-state index contributed by atoms with van der Waals surface area (Å²) in [6.45, 7) is 8.41. The molecule has 0 bridgehead atoms. The molecule has 2 aliphatic heterocycles. The van der Waals surface area contributed by atoms with Gasteiger partial charge in [0.15, 0.2) is 5.76 Å². The van der Waals surface area contributed by atoms with Crippen molar-refractivity contribution < 1.29 is 19.4 Å². The van der Waals surface area contributed by atoms with Crippen molar-refractivity contribution in [2.45, 2.75) is 26.7 Å². The fourth-order valence-electron chi connectivity index (χ4n) is 4.88. The Labute approximate surface area is 172 Å². The molecule has 2 fully saturated rings. The van der Waals surface area contributed by atoms with Gasteiger partial charge in [0.2, 0.25) is 0 Å². The smallest absolute Gasteiger partial charge is 0.289 e. The third kappa shape index (κ3) is 4.06. The Morgan fingerprint density at radius 1 is 1.10 bits per heavy atom. The van der Waals surface area contributed by atoms with Crippen molar-refractivity contribution in [2.75, 3.05) is 45.9 Å². The first-order valence-electron chi connectivity index (χ1n) is 10.7. The predicted octanol–water partition coefficient (Wildman–Crippen LogP) is 2.43. The van der Waals surface area contributed by atoms with Gasteiger partial charge in [-0.3, -0.25) is 4.79 Å². The second-order valence-corrected chi connectivity index (χ2v) is 8.90. The van der Waals surface area contributed by atoms with Crippen LogP contribution in [0.4, 0.5) is 0 Å². The van der Waals surface area contributed by atoms with Gasteiger partial charge in [0.25, 0.3) is 5.91 Å². The number of carbonyl (C=O) groups excluding carboxylic acids is 1. The van der Waals surface area contributed by atoms with E-state index in [0.717, 1.165) is 54.6 Å². The van der Waals surface area contributed by atoms with E-state index in [1.165, 1.54) is 0 Å². The van der Waals surface area contributed by atoms with Crippen molar-refractivity contribution >= 4 is 16.9 Å². The summed E-state index contributed by atoms with van der Waals surface area (Å²) in [6.07, 6.45) is 2.04. The van der Waals surface area contributed by atoms with Crippen LogP contribution in [0.5, 0.6) is 0 Å². The molecule has 6 nitrogen and oxygen atoms in total. The molecule has 29 heavy (non-hydrogen) atoms. The van der Waals surface area contributed by atoms with Crippen LogP contribution in [0.15, 0.2) is 22.6 Å². The average molecular weight is 401 g/mol. The summed E-state index contributed by atoms with van der Waals surface area (Å²) in [5, 5.41) is 20.2. The molecular formula is C23H32N2O4. The monoisotopic (exact) mass is 400 g/mol. The van der Waals surface area contributed by atoms with Crippen molar-refractivity contribution in [2.24, 2.45) is 17.8 Å². The van der Waals surface area contributed by atoms with E-state index < -0.39 is 0 Å². The number of fused-ring (bicyclic) bond motifs is 1. The predicted molar refractivity (Wildman–Crippen MR) is 112 cm³/mol. The number of aryl methyl sites for hydroxylation is 2. The molecule has 6 heteroatoms. The van der Waals surface area contributed by atoms with Crippen LogP contribution < -0.4 is 0 Å². The maximum atomic E-state index is 13.2. The minimum Gasteiger partial charge on any atom is -0.451 e. The summed E-state index contributed by atoms with van der Waals surface area (Å²) in [7, 11) is 0. The fraction of sp³-hybridized carbons (Fsp3) is 0.609. The lowest BCUT2D eigenvalue weighted by atomic mass is 9.93. The Bertz CT molecular complexity index is 869. The van der Waals surface area contributed by atoms with Crippen molar-refractivity contribution in [3.05, 3.63) is 35.1 Å². The third-order valence-electron chi connectivity index (χ3n) is 6.84. The van der Waals surface area contributed by atoms with E-state index in [-0.39, 0.29) is 31.0 Å². The van der Waals surface area contributed by atoms with Crippen molar-refractivity contribution in [1.29, 1.82) is 0 Å². The van der Waals surface area contributed by atoms with Crippen LogP contribution in [0.3, 0.4) is 0 Å². The number of piperidine rings is 1. The number of hydrogen-bond donors (Lipinski definition) is 2. The quantitative estimate of drug-likeness (QED) is 0.806. The van der Waals surface area contributed by atoms with Gasteiger partial charge >= 0.3 is 0 Å². The number of aliphatic hydroxyl groups is 2. The second-order valence-electron chi connectivity index (χ2n) is 8.90. The van der Waals surface area contributed by atoms with E-state index in [2.05, 4.69) is 4.90 Å². The normalized spacial score (nSPS) is 23.9. The molecule has 2 atom stereocenters. The highest BCUT2D eigenvalue weighted by atomic mass is 16.3. The van der Waals surface area contributed by atoms with Crippen LogP contribution in [0, 0.1) is 31.6 Å². The van der Waals surface area contributed by atoms with Crippen LogP contribution in [0.25, 0.3) is 11.0 Å². The molecule has 2 N–H and O–H groups in total. The van der Waals surface area contributed by atoms with Crippen LogP contribution in [0.2, 0.25) is 0 Å². The van der Waals surface area contributed by atoms with Gasteiger partial charge in [-0.15, -0.1) is 0 Å². The highest BCUT2D eigenvalue weighted by molar-refractivity contribution is 5.99. The summed E-state index contributed by atoms with van der Waals surface area (Å²) in [5.74, 6) is 1.13. The Morgan fingerprint density at radius 2 is 1.83 bits per heavy atom. The molecule has 2 saturated heterocycles. The summed E-state index contributed by atoms with van der Waals surface area (Å²) >= 11 is 0. The lowest BCUT2D eigenvalue weighted by molar-refractivity contribution is 0.0746. The molecule has 2 aliphatic rings. The highest BCUT2D eigenvalue weighted by Gasteiger charge is 2.38. The molecule has 158 valence electrons. The number of amides is 1. The van der Waals surface area contributed by atoms with E-state index in [0.29, 0.717) is 24.8 Å². The van der Waals surface area contributed by atoms with Crippen LogP contribution >= 0.6 is 0 Å². The van der Waals surface area contributed by atoms with E-state index in [9.17, 15) is 15.0 Å². The first kappa shape index (κ1) is 20.4. The topological polar surface area (TPSA) is 77.2 Å². The maximum absolute atomic E-state index is 13.2. The Morgan fingerprint density at radius 3 is 2.52 bits per heavy atom. The first-order chi connectivity index (χ1) is 14.0.